The van der Waals surface area contributed by atoms with Crippen LogP contribution in [0, 0.1) is 13.8 Å². The minimum Gasteiger partial charge on any atom is -0.207 e. The van der Waals surface area contributed by atoms with Gasteiger partial charge in [-0.3, -0.25) is 0 Å². The van der Waals surface area contributed by atoms with E-state index in [4.69, 9.17) is 0 Å². The average Bonchev–Trinajstić information content (AvgIpc) is 3.15. The van der Waals surface area contributed by atoms with E-state index in [0.717, 1.165) is 36.8 Å². The summed E-state index contributed by atoms with van der Waals surface area (Å²) in [5.41, 5.74) is 2.11. The molecule has 0 atom stereocenters. The van der Waals surface area contributed by atoms with Crippen molar-refractivity contribution < 1.29 is 16.8 Å². The van der Waals surface area contributed by atoms with Crippen LogP contribution in [0.3, 0.4) is 0 Å². The Hall–Kier alpha value is -2.52. The summed E-state index contributed by atoms with van der Waals surface area (Å²) < 4.78 is 52.6. The van der Waals surface area contributed by atoms with E-state index in [9.17, 15) is 16.8 Å². The van der Waals surface area contributed by atoms with Crippen LogP contribution >= 0.6 is 0 Å². The third-order valence-electron chi connectivity index (χ3n) is 5.72. The topological polar surface area (TPSA) is 74.8 Å². The van der Waals surface area contributed by atoms with E-state index < -0.39 is 20.0 Å². The summed E-state index contributed by atoms with van der Waals surface area (Å²) in [6, 6.07) is 13.9. The Bertz CT molecular complexity index is 1220. The molecule has 0 amide bonds. The Morgan fingerprint density at radius 2 is 1.44 bits per heavy atom. The molecule has 1 aliphatic heterocycles. The number of unbranched alkanes of at least 4 members (excludes halogenated alkanes) is 1. The largest absolute Gasteiger partial charge is 0.243 e. The second kappa shape index (κ2) is 14.3. The number of rotatable bonds is 10. The molecular formula is C28H38N2O4S2. The fourth-order valence-electron chi connectivity index (χ4n) is 3.59. The van der Waals surface area contributed by atoms with E-state index in [-0.39, 0.29) is 0 Å². The Morgan fingerprint density at radius 1 is 0.861 bits per heavy atom. The van der Waals surface area contributed by atoms with E-state index in [0.29, 0.717) is 36.0 Å². The molecule has 0 unspecified atom stereocenters. The fourth-order valence-corrected chi connectivity index (χ4v) is 6.47. The van der Waals surface area contributed by atoms with Crippen molar-refractivity contribution in [1.29, 1.82) is 0 Å². The van der Waals surface area contributed by atoms with Crippen LogP contribution in [-0.2, 0) is 20.0 Å². The molecule has 2 aromatic carbocycles. The molecule has 0 bridgehead atoms. The van der Waals surface area contributed by atoms with Crippen LogP contribution in [0.25, 0.3) is 0 Å². The SMILES string of the molecule is C=CCCCN(CC=C)S(=O)(=O)c1ccc(C)cc1.Cc1ccc(S(=O)(=O)N2CC=CCCC2)cc1. The molecule has 3 rings (SSSR count). The lowest BCUT2D eigenvalue weighted by Crippen LogP contribution is -2.32. The van der Waals surface area contributed by atoms with Crippen molar-refractivity contribution in [3.63, 3.8) is 0 Å². The monoisotopic (exact) mass is 530 g/mol. The van der Waals surface area contributed by atoms with Crippen molar-refractivity contribution >= 4 is 20.0 Å². The second-order valence-electron chi connectivity index (χ2n) is 8.69. The quantitative estimate of drug-likeness (QED) is 0.301. The van der Waals surface area contributed by atoms with E-state index >= 15 is 0 Å². The van der Waals surface area contributed by atoms with Gasteiger partial charge in [0.2, 0.25) is 20.0 Å². The average molecular weight is 531 g/mol. The first-order chi connectivity index (χ1) is 17.1. The molecule has 6 nitrogen and oxygen atoms in total. The summed E-state index contributed by atoms with van der Waals surface area (Å²) >= 11 is 0. The molecule has 36 heavy (non-hydrogen) atoms. The van der Waals surface area contributed by atoms with Gasteiger partial charge in [0.05, 0.1) is 9.79 Å². The van der Waals surface area contributed by atoms with Crippen LogP contribution < -0.4 is 0 Å². The number of hydrogen-bond donors (Lipinski definition) is 0. The molecule has 1 aliphatic rings. The van der Waals surface area contributed by atoms with Gasteiger partial charge in [-0.1, -0.05) is 59.7 Å². The summed E-state index contributed by atoms with van der Waals surface area (Å²) in [6.45, 7) is 13.0. The van der Waals surface area contributed by atoms with Gasteiger partial charge >= 0.3 is 0 Å². The van der Waals surface area contributed by atoms with E-state index in [1.54, 1.807) is 40.7 Å². The molecular weight excluding hydrogens is 492 g/mol. The van der Waals surface area contributed by atoms with Gasteiger partial charge in [0.15, 0.2) is 0 Å². The first-order valence-electron chi connectivity index (χ1n) is 12.1. The van der Waals surface area contributed by atoms with Gasteiger partial charge in [-0.25, -0.2) is 16.8 Å². The van der Waals surface area contributed by atoms with E-state index in [1.165, 1.54) is 4.31 Å². The predicted octanol–water partition coefficient (Wildman–Crippen LogP) is 5.47. The fraction of sp³-hybridized carbons (Fsp3) is 0.357. The molecule has 0 N–H and O–H groups in total. The van der Waals surface area contributed by atoms with Crippen molar-refractivity contribution in [2.75, 3.05) is 26.2 Å². The molecule has 0 fully saturated rings. The third kappa shape index (κ3) is 8.55. The van der Waals surface area contributed by atoms with Crippen LogP contribution in [0.4, 0.5) is 0 Å². The second-order valence-corrected chi connectivity index (χ2v) is 12.6. The van der Waals surface area contributed by atoms with Gasteiger partial charge in [-0.2, -0.15) is 8.61 Å². The number of allylic oxidation sites excluding steroid dienone is 2. The standard InChI is InChI=1S/C15H21NO2S.C13H17NO2S/c1-4-6-7-13-16(12-5-2)19(17,18)15-10-8-14(3)9-11-15;1-12-6-8-13(9-7-12)17(15,16)14-10-4-2-3-5-11-14/h4-5,8-11H,1-2,6-7,12-13H2,3H3;2,4,6-9H,3,5,10-11H2,1H3. The lowest BCUT2D eigenvalue weighted by molar-refractivity contribution is 0.436. The van der Waals surface area contributed by atoms with Crippen molar-refractivity contribution in [2.24, 2.45) is 0 Å². The zero-order valence-corrected chi connectivity index (χ0v) is 23.0. The van der Waals surface area contributed by atoms with Crippen LogP contribution in [0.5, 0.6) is 0 Å². The predicted molar refractivity (Wildman–Crippen MR) is 148 cm³/mol. The molecule has 0 aromatic heterocycles. The summed E-state index contributed by atoms with van der Waals surface area (Å²) in [5, 5.41) is 0. The Kier molecular flexibility index (Phi) is 11.8. The van der Waals surface area contributed by atoms with Gasteiger partial charge in [0, 0.05) is 26.2 Å². The molecule has 1 heterocycles. The van der Waals surface area contributed by atoms with E-state index in [1.807, 2.05) is 50.3 Å². The van der Waals surface area contributed by atoms with Gasteiger partial charge in [-0.05, 0) is 63.8 Å². The lowest BCUT2D eigenvalue weighted by atomic mass is 10.2. The zero-order chi connectivity index (χ0) is 26.6. The maximum Gasteiger partial charge on any atom is 0.243 e. The number of benzene rings is 2. The van der Waals surface area contributed by atoms with Crippen LogP contribution in [0.15, 0.2) is 95.8 Å². The van der Waals surface area contributed by atoms with Crippen molar-refractivity contribution in [3.8, 4) is 0 Å². The third-order valence-corrected chi connectivity index (χ3v) is 9.48. The molecule has 196 valence electrons. The molecule has 0 spiro atoms. The van der Waals surface area contributed by atoms with Gasteiger partial charge < -0.3 is 0 Å². The molecule has 0 saturated heterocycles. The maximum atomic E-state index is 12.5. The summed E-state index contributed by atoms with van der Waals surface area (Å²) in [4.78, 5) is 0.719. The molecule has 2 aromatic rings. The highest BCUT2D eigenvalue weighted by Gasteiger charge is 2.24. The first-order valence-corrected chi connectivity index (χ1v) is 15.0. The molecule has 8 heteroatoms. The number of nitrogens with zero attached hydrogens (tertiary/aromatic N) is 2. The zero-order valence-electron chi connectivity index (χ0n) is 21.3. The lowest BCUT2D eigenvalue weighted by Gasteiger charge is -2.20. The minimum atomic E-state index is -3.43. The Labute approximate surface area is 217 Å². The minimum absolute atomic E-state index is 0.327. The summed E-state index contributed by atoms with van der Waals surface area (Å²) in [5.74, 6) is 0. The number of sulfonamides is 2. The number of hydrogen-bond acceptors (Lipinski definition) is 4. The van der Waals surface area contributed by atoms with Gasteiger partial charge in [0.1, 0.15) is 0 Å². The first kappa shape index (κ1) is 29.7. The Balaban J connectivity index is 0.000000255. The van der Waals surface area contributed by atoms with Gasteiger partial charge in [0.25, 0.3) is 0 Å². The van der Waals surface area contributed by atoms with Crippen LogP contribution in [0.2, 0.25) is 0 Å². The highest BCUT2D eigenvalue weighted by Crippen LogP contribution is 2.19. The van der Waals surface area contributed by atoms with Gasteiger partial charge in [-0.15, -0.1) is 13.2 Å². The normalized spacial score (nSPS) is 14.5. The number of aryl methyl sites for hydroxylation is 2. The summed E-state index contributed by atoms with van der Waals surface area (Å²) in [7, 11) is -6.75. The highest BCUT2D eigenvalue weighted by molar-refractivity contribution is 7.89. The van der Waals surface area contributed by atoms with Crippen LogP contribution in [-0.4, -0.2) is 51.6 Å². The maximum absolute atomic E-state index is 12.5. The smallest absolute Gasteiger partial charge is 0.207 e. The van der Waals surface area contributed by atoms with Crippen molar-refractivity contribution in [1.82, 2.24) is 8.61 Å². The van der Waals surface area contributed by atoms with Crippen molar-refractivity contribution in [2.45, 2.75) is 49.3 Å². The van der Waals surface area contributed by atoms with Crippen molar-refractivity contribution in [3.05, 3.63) is 97.1 Å². The molecule has 0 saturated carbocycles. The Morgan fingerprint density at radius 3 is 2.00 bits per heavy atom. The molecule has 0 radical (unpaired) electrons. The van der Waals surface area contributed by atoms with Crippen LogP contribution in [0.1, 0.15) is 36.8 Å². The van der Waals surface area contributed by atoms with E-state index in [2.05, 4.69) is 13.2 Å². The summed E-state index contributed by atoms with van der Waals surface area (Å²) in [6.07, 6.45) is 10.8. The highest BCUT2D eigenvalue weighted by atomic mass is 32.2. The molecule has 0 aliphatic carbocycles.